The number of rotatable bonds is 4. The molecule has 0 bridgehead atoms. The predicted molar refractivity (Wildman–Crippen MR) is 85.5 cm³/mol. The molecule has 0 amide bonds. The molecule has 1 aliphatic carbocycles. The smallest absolute Gasteiger partial charge is 0.211 e. The number of benzene rings is 2. The van der Waals surface area contributed by atoms with E-state index in [2.05, 4.69) is 0 Å². The van der Waals surface area contributed by atoms with Crippen LogP contribution in [0.4, 0.5) is 0 Å². The summed E-state index contributed by atoms with van der Waals surface area (Å²) in [6.07, 6.45) is 3.23. The van der Waals surface area contributed by atoms with Gasteiger partial charge in [-0.05, 0) is 29.2 Å². The molecule has 1 fully saturated rings. The molecule has 0 N–H and O–H groups in total. The normalized spacial score (nSPS) is 20.0. The molecular formula is C18H19NO3. The molecule has 2 atom stereocenters. The molecule has 114 valence electrons. The van der Waals surface area contributed by atoms with Crippen molar-refractivity contribution in [1.82, 2.24) is 0 Å². The summed E-state index contributed by atoms with van der Waals surface area (Å²) in [6.45, 7) is -0.172. The molecule has 0 aliphatic heterocycles. The second-order valence-electron chi connectivity index (χ2n) is 6.05. The SMILES string of the molecule is O=C1CCCC[C@H]1[C@@H](C[N+](=O)[O-])c1ccc2ccccc2c1. The topological polar surface area (TPSA) is 60.2 Å². The summed E-state index contributed by atoms with van der Waals surface area (Å²) in [7, 11) is 0. The number of hydrogen-bond acceptors (Lipinski definition) is 3. The van der Waals surface area contributed by atoms with Gasteiger partial charge in [-0.3, -0.25) is 14.9 Å². The van der Waals surface area contributed by atoms with Crippen LogP contribution in [-0.4, -0.2) is 17.3 Å². The molecule has 0 heterocycles. The lowest BCUT2D eigenvalue weighted by Gasteiger charge is -2.27. The summed E-state index contributed by atoms with van der Waals surface area (Å²) in [5, 5.41) is 13.3. The van der Waals surface area contributed by atoms with Crippen molar-refractivity contribution in [2.45, 2.75) is 31.6 Å². The van der Waals surface area contributed by atoms with Gasteiger partial charge in [-0.1, -0.05) is 48.9 Å². The van der Waals surface area contributed by atoms with Crippen molar-refractivity contribution in [2.75, 3.05) is 6.54 Å². The summed E-state index contributed by atoms with van der Waals surface area (Å²) in [5.41, 5.74) is 0.913. The highest BCUT2D eigenvalue weighted by Gasteiger charge is 2.34. The van der Waals surface area contributed by atoms with Crippen molar-refractivity contribution in [2.24, 2.45) is 5.92 Å². The largest absolute Gasteiger partial charge is 0.299 e. The first-order valence-corrected chi connectivity index (χ1v) is 7.78. The number of ketones is 1. The van der Waals surface area contributed by atoms with Gasteiger partial charge in [0.15, 0.2) is 0 Å². The molecule has 2 aromatic carbocycles. The average Bonchev–Trinajstić information content (AvgIpc) is 2.53. The van der Waals surface area contributed by atoms with Crippen LogP contribution in [-0.2, 0) is 4.79 Å². The molecule has 4 heteroatoms. The summed E-state index contributed by atoms with van der Waals surface area (Å²) in [6, 6.07) is 13.9. The zero-order valence-electron chi connectivity index (χ0n) is 12.4. The van der Waals surface area contributed by atoms with Gasteiger partial charge in [0.25, 0.3) is 0 Å². The van der Waals surface area contributed by atoms with Crippen molar-refractivity contribution in [3.8, 4) is 0 Å². The van der Waals surface area contributed by atoms with E-state index in [1.807, 2.05) is 42.5 Å². The fraction of sp³-hybridized carbons (Fsp3) is 0.389. The van der Waals surface area contributed by atoms with E-state index in [0.717, 1.165) is 35.6 Å². The summed E-state index contributed by atoms with van der Waals surface area (Å²) >= 11 is 0. The van der Waals surface area contributed by atoms with E-state index in [1.165, 1.54) is 0 Å². The van der Waals surface area contributed by atoms with Gasteiger partial charge in [-0.2, -0.15) is 0 Å². The maximum Gasteiger partial charge on any atom is 0.211 e. The minimum absolute atomic E-state index is 0.172. The van der Waals surface area contributed by atoms with Crippen LogP contribution in [0.2, 0.25) is 0 Å². The minimum atomic E-state index is -0.313. The first-order chi connectivity index (χ1) is 10.6. The van der Waals surface area contributed by atoms with Crippen molar-refractivity contribution >= 4 is 16.6 Å². The van der Waals surface area contributed by atoms with Gasteiger partial charge in [0.1, 0.15) is 5.78 Å². The summed E-state index contributed by atoms with van der Waals surface area (Å²) < 4.78 is 0. The van der Waals surface area contributed by atoms with Gasteiger partial charge in [0.05, 0.1) is 5.92 Å². The maximum absolute atomic E-state index is 12.2. The van der Waals surface area contributed by atoms with E-state index < -0.39 is 0 Å². The molecule has 0 spiro atoms. The van der Waals surface area contributed by atoms with Crippen LogP contribution >= 0.6 is 0 Å². The van der Waals surface area contributed by atoms with Crippen LogP contribution in [0.15, 0.2) is 42.5 Å². The van der Waals surface area contributed by atoms with E-state index in [-0.39, 0.29) is 29.1 Å². The van der Waals surface area contributed by atoms with E-state index in [9.17, 15) is 14.9 Å². The number of nitrogens with zero attached hydrogens (tertiary/aromatic N) is 1. The van der Waals surface area contributed by atoms with E-state index in [4.69, 9.17) is 0 Å². The Bertz CT molecular complexity index is 710. The highest BCUT2D eigenvalue weighted by Crippen LogP contribution is 2.35. The Morgan fingerprint density at radius 2 is 1.91 bits per heavy atom. The van der Waals surface area contributed by atoms with Gasteiger partial charge in [-0.15, -0.1) is 0 Å². The van der Waals surface area contributed by atoms with Crippen LogP contribution in [0, 0.1) is 16.0 Å². The average molecular weight is 297 g/mol. The Hall–Kier alpha value is -2.23. The van der Waals surface area contributed by atoms with Gasteiger partial charge in [0.2, 0.25) is 6.54 Å². The highest BCUT2D eigenvalue weighted by molar-refractivity contribution is 5.85. The Labute approximate surface area is 129 Å². The molecular weight excluding hydrogens is 278 g/mol. The molecule has 0 aromatic heterocycles. The minimum Gasteiger partial charge on any atom is -0.299 e. The summed E-state index contributed by atoms with van der Waals surface area (Å²) in [4.78, 5) is 23.0. The second-order valence-corrected chi connectivity index (χ2v) is 6.05. The monoisotopic (exact) mass is 297 g/mol. The van der Waals surface area contributed by atoms with Gasteiger partial charge in [0, 0.05) is 17.3 Å². The van der Waals surface area contributed by atoms with Crippen molar-refractivity contribution in [3.05, 3.63) is 58.1 Å². The fourth-order valence-corrected chi connectivity index (χ4v) is 3.50. The van der Waals surface area contributed by atoms with Gasteiger partial charge in [-0.25, -0.2) is 0 Å². The molecule has 0 radical (unpaired) electrons. The van der Waals surface area contributed by atoms with Crippen molar-refractivity contribution in [1.29, 1.82) is 0 Å². The Kier molecular flexibility index (Phi) is 4.18. The molecule has 0 saturated heterocycles. The van der Waals surface area contributed by atoms with E-state index in [0.29, 0.717) is 6.42 Å². The summed E-state index contributed by atoms with van der Waals surface area (Å²) in [5.74, 6) is -0.334. The van der Waals surface area contributed by atoms with Crippen LogP contribution in [0.1, 0.15) is 37.2 Å². The second kappa shape index (κ2) is 6.26. The molecule has 4 nitrogen and oxygen atoms in total. The first kappa shape index (κ1) is 14.7. The quantitative estimate of drug-likeness (QED) is 0.634. The Morgan fingerprint density at radius 3 is 2.64 bits per heavy atom. The van der Waals surface area contributed by atoms with E-state index in [1.54, 1.807) is 0 Å². The van der Waals surface area contributed by atoms with Gasteiger partial charge < -0.3 is 0 Å². The van der Waals surface area contributed by atoms with Crippen molar-refractivity contribution < 1.29 is 9.72 Å². The van der Waals surface area contributed by atoms with E-state index >= 15 is 0 Å². The Balaban J connectivity index is 1.99. The number of carbonyl (C=O) groups is 1. The molecule has 1 aliphatic rings. The zero-order chi connectivity index (χ0) is 15.5. The fourth-order valence-electron chi connectivity index (χ4n) is 3.50. The Morgan fingerprint density at radius 1 is 1.14 bits per heavy atom. The number of nitro groups is 1. The third-order valence-electron chi connectivity index (χ3n) is 4.64. The standard InChI is InChI=1S/C18H19NO3/c20-18-8-4-3-7-16(18)17(12-19(21)22)15-10-9-13-5-1-2-6-14(13)11-15/h1-2,5-6,9-11,16-17H,3-4,7-8,12H2/t16-,17-/m0/s1. The lowest BCUT2D eigenvalue weighted by atomic mass is 9.75. The maximum atomic E-state index is 12.2. The molecule has 1 saturated carbocycles. The van der Waals surface area contributed by atoms with Crippen LogP contribution in [0.25, 0.3) is 10.8 Å². The molecule has 0 unspecified atom stereocenters. The third kappa shape index (κ3) is 3.01. The van der Waals surface area contributed by atoms with Crippen molar-refractivity contribution in [3.63, 3.8) is 0 Å². The molecule has 2 aromatic rings. The number of Topliss-reactive ketones (excluding diaryl/α,β-unsaturated/α-hetero) is 1. The highest BCUT2D eigenvalue weighted by atomic mass is 16.6. The van der Waals surface area contributed by atoms with Crippen LogP contribution < -0.4 is 0 Å². The molecule has 22 heavy (non-hydrogen) atoms. The lowest BCUT2D eigenvalue weighted by Crippen LogP contribution is -2.30. The first-order valence-electron chi connectivity index (χ1n) is 7.78. The lowest BCUT2D eigenvalue weighted by molar-refractivity contribution is -0.484. The molecule has 3 rings (SSSR count). The predicted octanol–water partition coefficient (Wildman–Crippen LogP) is 3.96. The number of carbonyl (C=O) groups excluding carboxylic acids is 1. The zero-order valence-corrected chi connectivity index (χ0v) is 12.4. The number of hydrogen-bond donors (Lipinski definition) is 0. The third-order valence-corrected chi connectivity index (χ3v) is 4.64. The van der Waals surface area contributed by atoms with Gasteiger partial charge >= 0.3 is 0 Å². The van der Waals surface area contributed by atoms with Crippen LogP contribution in [0.3, 0.4) is 0 Å². The van der Waals surface area contributed by atoms with Crippen LogP contribution in [0.5, 0.6) is 0 Å². The number of fused-ring (bicyclic) bond motifs is 1.